The number of benzene rings is 2. The smallest absolute Gasteiger partial charge is 0.255 e. The average Bonchev–Trinajstić information content (AvgIpc) is 3.09. The highest BCUT2D eigenvalue weighted by molar-refractivity contribution is 6.04. The number of hydrogen-bond donors (Lipinski definition) is 1. The molecule has 0 atom stereocenters. The number of nitrogens with one attached hydrogen (secondary N) is 1. The van der Waals surface area contributed by atoms with E-state index in [1.165, 1.54) is 26.4 Å². The number of rotatable bonds is 6. The summed E-state index contributed by atoms with van der Waals surface area (Å²) in [5.41, 5.74) is 1.91. The van der Waals surface area contributed by atoms with E-state index in [2.05, 4.69) is 10.4 Å². The second-order valence-electron chi connectivity index (χ2n) is 5.58. The highest BCUT2D eigenvalue weighted by Gasteiger charge is 2.12. The third-order valence-electron chi connectivity index (χ3n) is 3.79. The summed E-state index contributed by atoms with van der Waals surface area (Å²) in [7, 11) is 3.05. The van der Waals surface area contributed by atoms with E-state index in [0.29, 0.717) is 29.3 Å². The predicted molar refractivity (Wildman–Crippen MR) is 95.2 cm³/mol. The summed E-state index contributed by atoms with van der Waals surface area (Å²) in [4.78, 5) is 12.4. The summed E-state index contributed by atoms with van der Waals surface area (Å²) < 4.78 is 25.0. The highest BCUT2D eigenvalue weighted by atomic mass is 19.1. The molecule has 0 fully saturated rings. The Balaban J connectivity index is 1.68. The molecule has 134 valence electrons. The van der Waals surface area contributed by atoms with E-state index in [1.54, 1.807) is 47.4 Å². The first-order valence-corrected chi connectivity index (χ1v) is 7.89. The van der Waals surface area contributed by atoms with Crippen molar-refractivity contribution in [2.75, 3.05) is 19.5 Å². The van der Waals surface area contributed by atoms with Gasteiger partial charge in [-0.25, -0.2) is 4.39 Å². The van der Waals surface area contributed by atoms with Crippen LogP contribution in [0.3, 0.4) is 0 Å². The lowest BCUT2D eigenvalue weighted by Crippen LogP contribution is -2.11. The maximum atomic E-state index is 12.9. The van der Waals surface area contributed by atoms with E-state index >= 15 is 0 Å². The van der Waals surface area contributed by atoms with Crippen LogP contribution in [0.2, 0.25) is 0 Å². The van der Waals surface area contributed by atoms with Gasteiger partial charge in [0.15, 0.2) is 11.5 Å². The minimum atomic E-state index is -0.285. The Morgan fingerprint density at radius 1 is 1.12 bits per heavy atom. The lowest BCUT2D eigenvalue weighted by molar-refractivity contribution is 0.102. The molecule has 0 aliphatic heterocycles. The number of carbonyl (C=O) groups excluding carboxylic acids is 1. The molecule has 1 heterocycles. The standard InChI is InChI=1S/C19H18FN3O3/c1-25-17-8-5-14(9-18(17)26-2)19(24)22-16-10-21-23(12-16)11-13-3-6-15(20)7-4-13/h3-10,12H,11H2,1-2H3,(H,22,24). The Kier molecular flexibility index (Phi) is 5.17. The van der Waals surface area contributed by atoms with Gasteiger partial charge >= 0.3 is 0 Å². The monoisotopic (exact) mass is 355 g/mol. The second kappa shape index (κ2) is 7.69. The highest BCUT2D eigenvalue weighted by Crippen LogP contribution is 2.27. The first kappa shape index (κ1) is 17.5. The SMILES string of the molecule is COc1ccc(C(=O)Nc2cnn(Cc3ccc(F)cc3)c2)cc1OC. The molecule has 1 N–H and O–H groups in total. The molecule has 3 aromatic rings. The molecule has 6 nitrogen and oxygen atoms in total. The van der Waals surface area contributed by atoms with Crippen LogP contribution in [0.1, 0.15) is 15.9 Å². The van der Waals surface area contributed by atoms with Crippen LogP contribution in [-0.4, -0.2) is 29.9 Å². The van der Waals surface area contributed by atoms with E-state index < -0.39 is 0 Å². The van der Waals surface area contributed by atoms with Gasteiger partial charge < -0.3 is 14.8 Å². The molecule has 26 heavy (non-hydrogen) atoms. The Morgan fingerprint density at radius 3 is 2.54 bits per heavy atom. The fraction of sp³-hybridized carbons (Fsp3) is 0.158. The number of halogens is 1. The number of nitrogens with zero attached hydrogens (tertiary/aromatic N) is 2. The number of hydrogen-bond acceptors (Lipinski definition) is 4. The van der Waals surface area contributed by atoms with E-state index in [9.17, 15) is 9.18 Å². The molecule has 0 radical (unpaired) electrons. The van der Waals surface area contributed by atoms with E-state index in [4.69, 9.17) is 9.47 Å². The lowest BCUT2D eigenvalue weighted by atomic mass is 10.2. The van der Waals surface area contributed by atoms with Gasteiger partial charge in [0.25, 0.3) is 5.91 Å². The van der Waals surface area contributed by atoms with Gasteiger partial charge in [0, 0.05) is 11.8 Å². The van der Waals surface area contributed by atoms with Crippen molar-refractivity contribution < 1.29 is 18.7 Å². The topological polar surface area (TPSA) is 65.4 Å². The van der Waals surface area contributed by atoms with Crippen molar-refractivity contribution in [3.05, 3.63) is 71.8 Å². The van der Waals surface area contributed by atoms with Crippen molar-refractivity contribution in [1.82, 2.24) is 9.78 Å². The van der Waals surface area contributed by atoms with Gasteiger partial charge in [-0.2, -0.15) is 5.10 Å². The van der Waals surface area contributed by atoms with Gasteiger partial charge in [-0.15, -0.1) is 0 Å². The van der Waals surface area contributed by atoms with Crippen LogP contribution in [0.25, 0.3) is 0 Å². The molecule has 0 saturated carbocycles. The first-order valence-electron chi connectivity index (χ1n) is 7.89. The molecular weight excluding hydrogens is 337 g/mol. The van der Waals surface area contributed by atoms with Crippen molar-refractivity contribution in [2.24, 2.45) is 0 Å². The molecule has 0 aliphatic rings. The van der Waals surface area contributed by atoms with Crippen LogP contribution in [0.4, 0.5) is 10.1 Å². The number of amides is 1. The van der Waals surface area contributed by atoms with Crippen LogP contribution in [0.15, 0.2) is 54.9 Å². The van der Waals surface area contributed by atoms with Crippen LogP contribution >= 0.6 is 0 Å². The fourth-order valence-electron chi connectivity index (χ4n) is 2.47. The Morgan fingerprint density at radius 2 is 1.85 bits per heavy atom. The Hall–Kier alpha value is -3.35. The van der Waals surface area contributed by atoms with Gasteiger partial charge in [0.05, 0.1) is 32.6 Å². The summed E-state index contributed by atoms with van der Waals surface area (Å²) >= 11 is 0. The van der Waals surface area contributed by atoms with Crippen molar-refractivity contribution in [1.29, 1.82) is 0 Å². The number of aromatic nitrogens is 2. The van der Waals surface area contributed by atoms with Crippen molar-refractivity contribution in [3.8, 4) is 11.5 Å². The van der Waals surface area contributed by atoms with Gasteiger partial charge in [0.1, 0.15) is 5.82 Å². The summed E-state index contributed by atoms with van der Waals surface area (Å²) in [5, 5.41) is 6.99. The zero-order chi connectivity index (χ0) is 18.5. The normalized spacial score (nSPS) is 10.4. The Labute approximate surface area is 150 Å². The number of anilines is 1. The first-order chi connectivity index (χ1) is 12.6. The van der Waals surface area contributed by atoms with E-state index in [1.807, 2.05) is 0 Å². The van der Waals surface area contributed by atoms with Crippen molar-refractivity contribution >= 4 is 11.6 Å². The minimum absolute atomic E-state index is 0.280. The molecule has 3 rings (SSSR count). The van der Waals surface area contributed by atoms with E-state index in [-0.39, 0.29) is 11.7 Å². The summed E-state index contributed by atoms with van der Waals surface area (Å²) in [5.74, 6) is 0.465. The van der Waals surface area contributed by atoms with Gasteiger partial charge in [-0.1, -0.05) is 12.1 Å². The number of carbonyl (C=O) groups is 1. The molecule has 0 saturated heterocycles. The largest absolute Gasteiger partial charge is 0.493 e. The van der Waals surface area contributed by atoms with E-state index in [0.717, 1.165) is 5.56 Å². The zero-order valence-corrected chi connectivity index (χ0v) is 14.4. The van der Waals surface area contributed by atoms with Gasteiger partial charge in [-0.05, 0) is 35.9 Å². The number of methoxy groups -OCH3 is 2. The summed E-state index contributed by atoms with van der Waals surface area (Å²) in [6, 6.07) is 11.1. The molecular formula is C19H18FN3O3. The Bertz CT molecular complexity index is 907. The maximum Gasteiger partial charge on any atom is 0.255 e. The van der Waals surface area contributed by atoms with Crippen LogP contribution in [0.5, 0.6) is 11.5 Å². The summed E-state index contributed by atoms with van der Waals surface area (Å²) in [6.07, 6.45) is 3.27. The third-order valence-corrected chi connectivity index (χ3v) is 3.79. The average molecular weight is 355 g/mol. The molecule has 0 bridgehead atoms. The molecule has 0 spiro atoms. The molecule has 1 amide bonds. The maximum absolute atomic E-state index is 12.9. The molecule has 1 aromatic heterocycles. The predicted octanol–water partition coefficient (Wildman–Crippen LogP) is 3.34. The van der Waals surface area contributed by atoms with Crippen LogP contribution < -0.4 is 14.8 Å². The molecule has 0 aliphatic carbocycles. The van der Waals surface area contributed by atoms with Crippen molar-refractivity contribution in [3.63, 3.8) is 0 Å². The van der Waals surface area contributed by atoms with Gasteiger partial charge in [-0.3, -0.25) is 9.48 Å². The minimum Gasteiger partial charge on any atom is -0.493 e. The quantitative estimate of drug-likeness (QED) is 0.736. The van der Waals surface area contributed by atoms with Crippen LogP contribution in [-0.2, 0) is 6.54 Å². The second-order valence-corrected chi connectivity index (χ2v) is 5.58. The van der Waals surface area contributed by atoms with Crippen LogP contribution in [0, 0.1) is 5.82 Å². The fourth-order valence-corrected chi connectivity index (χ4v) is 2.47. The zero-order valence-electron chi connectivity index (χ0n) is 14.4. The molecule has 7 heteroatoms. The molecule has 0 unspecified atom stereocenters. The number of ether oxygens (including phenoxy) is 2. The third kappa shape index (κ3) is 4.00. The molecule has 2 aromatic carbocycles. The van der Waals surface area contributed by atoms with Crippen molar-refractivity contribution in [2.45, 2.75) is 6.54 Å². The lowest BCUT2D eigenvalue weighted by Gasteiger charge is -2.09. The van der Waals surface area contributed by atoms with Gasteiger partial charge in [0.2, 0.25) is 0 Å². The summed E-state index contributed by atoms with van der Waals surface area (Å²) in [6.45, 7) is 0.479.